The van der Waals surface area contributed by atoms with Crippen LogP contribution in [-0.2, 0) is 4.74 Å². The number of hydrogen-bond acceptors (Lipinski definition) is 5. The van der Waals surface area contributed by atoms with Crippen LogP contribution in [0.1, 0.15) is 35.9 Å². The molecule has 1 aliphatic rings. The number of hydrogen-bond donors (Lipinski definition) is 0. The molecule has 5 heteroatoms. The van der Waals surface area contributed by atoms with Crippen molar-refractivity contribution in [2.24, 2.45) is 5.92 Å². The standard InChI is InChI=1S/C12H18N2O2S/c1-3-14(8-9-5-4-6-9)12-13-7-10(17-12)11(15)16-2/h7,9H,3-6,8H2,1-2H3. The fourth-order valence-corrected chi connectivity index (χ4v) is 2.84. The van der Waals surface area contributed by atoms with Crippen LogP contribution in [0.4, 0.5) is 5.13 Å². The van der Waals surface area contributed by atoms with Crippen LogP contribution in [0.5, 0.6) is 0 Å². The van der Waals surface area contributed by atoms with Crippen LogP contribution in [0.25, 0.3) is 0 Å². The Bertz CT molecular complexity index is 388. The molecule has 1 fully saturated rings. The summed E-state index contributed by atoms with van der Waals surface area (Å²) in [5.41, 5.74) is 0. The van der Waals surface area contributed by atoms with Crippen LogP contribution in [-0.4, -0.2) is 31.2 Å². The monoisotopic (exact) mass is 254 g/mol. The fourth-order valence-electron chi connectivity index (χ4n) is 1.94. The van der Waals surface area contributed by atoms with E-state index in [0.29, 0.717) is 4.88 Å². The average Bonchev–Trinajstić information content (AvgIpc) is 2.76. The van der Waals surface area contributed by atoms with Gasteiger partial charge in [0, 0.05) is 13.1 Å². The van der Waals surface area contributed by atoms with Crippen molar-refractivity contribution in [3.8, 4) is 0 Å². The van der Waals surface area contributed by atoms with E-state index >= 15 is 0 Å². The van der Waals surface area contributed by atoms with E-state index in [1.807, 2.05) is 0 Å². The number of nitrogens with zero attached hydrogens (tertiary/aromatic N) is 2. The van der Waals surface area contributed by atoms with Gasteiger partial charge in [-0.05, 0) is 25.7 Å². The molecule has 1 aliphatic carbocycles. The number of carbonyl (C=O) groups is 1. The Morgan fingerprint density at radius 3 is 2.94 bits per heavy atom. The van der Waals surface area contributed by atoms with Crippen molar-refractivity contribution in [2.45, 2.75) is 26.2 Å². The van der Waals surface area contributed by atoms with Crippen LogP contribution in [0, 0.1) is 5.92 Å². The molecule has 0 radical (unpaired) electrons. The first-order chi connectivity index (χ1) is 8.24. The number of esters is 1. The predicted octanol–water partition coefficient (Wildman–Crippen LogP) is 2.56. The zero-order chi connectivity index (χ0) is 12.3. The molecule has 0 amide bonds. The molecule has 4 nitrogen and oxygen atoms in total. The molecule has 0 unspecified atom stereocenters. The van der Waals surface area contributed by atoms with Gasteiger partial charge < -0.3 is 9.64 Å². The summed E-state index contributed by atoms with van der Waals surface area (Å²) in [4.78, 5) is 18.5. The minimum absolute atomic E-state index is 0.298. The molecular weight excluding hydrogens is 236 g/mol. The van der Waals surface area contributed by atoms with Gasteiger partial charge >= 0.3 is 5.97 Å². The number of anilines is 1. The summed E-state index contributed by atoms with van der Waals surface area (Å²) >= 11 is 1.42. The van der Waals surface area contributed by atoms with Gasteiger partial charge in [0.2, 0.25) is 0 Å². The Labute approximate surface area is 106 Å². The van der Waals surface area contributed by atoms with Gasteiger partial charge in [-0.2, -0.15) is 0 Å². The van der Waals surface area contributed by atoms with Crippen LogP contribution in [0.3, 0.4) is 0 Å². The zero-order valence-electron chi connectivity index (χ0n) is 10.3. The maximum Gasteiger partial charge on any atom is 0.349 e. The average molecular weight is 254 g/mol. The van der Waals surface area contributed by atoms with Gasteiger partial charge in [0.15, 0.2) is 5.13 Å². The van der Waals surface area contributed by atoms with Crippen LogP contribution < -0.4 is 4.90 Å². The number of ether oxygens (including phenoxy) is 1. The highest BCUT2D eigenvalue weighted by molar-refractivity contribution is 7.17. The van der Waals surface area contributed by atoms with Gasteiger partial charge in [-0.3, -0.25) is 0 Å². The summed E-state index contributed by atoms with van der Waals surface area (Å²) in [6.45, 7) is 4.12. The molecule has 1 saturated carbocycles. The van der Waals surface area contributed by atoms with Crippen molar-refractivity contribution in [3.63, 3.8) is 0 Å². The third-order valence-electron chi connectivity index (χ3n) is 3.24. The summed E-state index contributed by atoms with van der Waals surface area (Å²) in [6, 6.07) is 0. The highest BCUT2D eigenvalue weighted by Crippen LogP contribution is 2.30. The first-order valence-electron chi connectivity index (χ1n) is 6.03. The summed E-state index contributed by atoms with van der Waals surface area (Å²) in [6.07, 6.45) is 5.61. The molecule has 0 bridgehead atoms. The van der Waals surface area contributed by atoms with Gasteiger partial charge in [-0.1, -0.05) is 17.8 Å². The lowest BCUT2D eigenvalue weighted by Gasteiger charge is -2.31. The molecule has 0 atom stereocenters. The Morgan fingerprint density at radius 2 is 2.41 bits per heavy atom. The Balaban J connectivity index is 2.02. The van der Waals surface area contributed by atoms with Crippen molar-refractivity contribution in [1.82, 2.24) is 4.98 Å². The van der Waals surface area contributed by atoms with E-state index in [-0.39, 0.29) is 5.97 Å². The second-order valence-corrected chi connectivity index (χ2v) is 5.34. The molecular formula is C12H18N2O2S. The van der Waals surface area contributed by atoms with E-state index in [0.717, 1.165) is 24.1 Å². The topological polar surface area (TPSA) is 42.4 Å². The highest BCUT2D eigenvalue weighted by Gasteiger charge is 2.22. The minimum atomic E-state index is -0.298. The lowest BCUT2D eigenvalue weighted by atomic mass is 9.85. The lowest BCUT2D eigenvalue weighted by Crippen LogP contribution is -2.32. The SMILES string of the molecule is CCN(CC1CCC1)c1ncc(C(=O)OC)s1. The summed E-state index contributed by atoms with van der Waals surface area (Å²) < 4.78 is 4.69. The van der Waals surface area contributed by atoms with Crippen molar-refractivity contribution in [2.75, 3.05) is 25.1 Å². The third kappa shape index (κ3) is 2.77. The summed E-state index contributed by atoms with van der Waals surface area (Å²) in [7, 11) is 1.40. The van der Waals surface area contributed by atoms with Gasteiger partial charge in [0.25, 0.3) is 0 Å². The molecule has 0 aromatic carbocycles. The minimum Gasteiger partial charge on any atom is -0.465 e. The third-order valence-corrected chi connectivity index (χ3v) is 4.27. The van der Waals surface area contributed by atoms with E-state index in [2.05, 4.69) is 21.5 Å². The molecule has 0 saturated heterocycles. The van der Waals surface area contributed by atoms with Gasteiger partial charge in [0.05, 0.1) is 13.3 Å². The molecule has 17 heavy (non-hydrogen) atoms. The van der Waals surface area contributed by atoms with E-state index in [9.17, 15) is 4.79 Å². The van der Waals surface area contributed by atoms with Crippen LogP contribution >= 0.6 is 11.3 Å². The molecule has 1 aromatic heterocycles. The molecule has 94 valence electrons. The summed E-state index contributed by atoms with van der Waals surface area (Å²) in [5, 5.41) is 0.930. The lowest BCUT2D eigenvalue weighted by molar-refractivity contribution is 0.0606. The molecule has 0 N–H and O–H groups in total. The van der Waals surface area contributed by atoms with Crippen molar-refractivity contribution in [1.29, 1.82) is 0 Å². The van der Waals surface area contributed by atoms with Crippen molar-refractivity contribution >= 4 is 22.4 Å². The largest absolute Gasteiger partial charge is 0.465 e. The second kappa shape index (κ2) is 5.49. The van der Waals surface area contributed by atoms with Gasteiger partial charge in [-0.25, -0.2) is 9.78 Å². The number of rotatable bonds is 5. The maximum atomic E-state index is 11.4. The van der Waals surface area contributed by atoms with Crippen LogP contribution in [0.2, 0.25) is 0 Å². The van der Waals surface area contributed by atoms with E-state index < -0.39 is 0 Å². The molecule has 1 heterocycles. The molecule has 1 aromatic rings. The van der Waals surface area contributed by atoms with Gasteiger partial charge in [0.1, 0.15) is 4.88 Å². The highest BCUT2D eigenvalue weighted by atomic mass is 32.1. The number of methoxy groups -OCH3 is 1. The molecule has 2 rings (SSSR count). The van der Waals surface area contributed by atoms with Crippen molar-refractivity contribution < 1.29 is 9.53 Å². The number of aromatic nitrogens is 1. The fraction of sp³-hybridized carbons (Fsp3) is 0.667. The van der Waals surface area contributed by atoms with Crippen molar-refractivity contribution in [3.05, 3.63) is 11.1 Å². The quantitative estimate of drug-likeness (QED) is 0.757. The van der Waals surface area contributed by atoms with Crippen LogP contribution in [0.15, 0.2) is 6.20 Å². The first kappa shape index (κ1) is 12.4. The number of carbonyl (C=O) groups excluding carboxylic acids is 1. The first-order valence-corrected chi connectivity index (χ1v) is 6.85. The maximum absolute atomic E-state index is 11.4. The Kier molecular flexibility index (Phi) is 3.99. The second-order valence-electron chi connectivity index (χ2n) is 4.33. The number of thiazole rings is 1. The molecule has 0 spiro atoms. The van der Waals surface area contributed by atoms with Gasteiger partial charge in [-0.15, -0.1) is 0 Å². The predicted molar refractivity (Wildman–Crippen MR) is 68.7 cm³/mol. The van der Waals surface area contributed by atoms with E-state index in [4.69, 9.17) is 0 Å². The molecule has 0 aliphatic heterocycles. The smallest absolute Gasteiger partial charge is 0.349 e. The zero-order valence-corrected chi connectivity index (χ0v) is 11.1. The van der Waals surface area contributed by atoms with E-state index in [1.54, 1.807) is 6.20 Å². The Hall–Kier alpha value is -1.10. The normalized spacial score (nSPS) is 15.4. The van der Waals surface area contributed by atoms with E-state index in [1.165, 1.54) is 37.7 Å². The Morgan fingerprint density at radius 1 is 1.65 bits per heavy atom. The summed E-state index contributed by atoms with van der Waals surface area (Å²) in [5.74, 6) is 0.508.